The Bertz CT molecular complexity index is 321. The third-order valence-electron chi connectivity index (χ3n) is 2.35. The lowest BCUT2D eigenvalue weighted by atomic mass is 9.63. The van der Waals surface area contributed by atoms with Gasteiger partial charge in [0.2, 0.25) is 0 Å². The summed E-state index contributed by atoms with van der Waals surface area (Å²) in [6, 6.07) is 3.82. The summed E-state index contributed by atoms with van der Waals surface area (Å²) in [4.78, 5) is 0. The molecule has 1 atom stereocenters. The Morgan fingerprint density at radius 3 is 2.43 bits per heavy atom. The van der Waals surface area contributed by atoms with Crippen molar-refractivity contribution < 1.29 is 8.78 Å². The number of hydrogen-bond donors (Lipinski definition) is 0. The monoisotopic (exact) mass is 194 g/mol. The molecule has 0 spiro atoms. The predicted octanol–water partition coefficient (Wildman–Crippen LogP) is 3.15. The Morgan fingerprint density at radius 1 is 1.29 bits per heavy atom. The smallest absolute Gasteiger partial charge is 0.159 e. The van der Waals surface area contributed by atoms with Gasteiger partial charge in [0, 0.05) is 0 Å². The lowest BCUT2D eigenvalue weighted by Crippen LogP contribution is -2.21. The molecule has 0 aliphatic carbocycles. The Labute approximate surface area is 84.7 Å². The van der Waals surface area contributed by atoms with Gasteiger partial charge in [0.25, 0.3) is 0 Å². The van der Waals surface area contributed by atoms with Gasteiger partial charge in [0.15, 0.2) is 11.6 Å². The standard InChI is InChI=1S/C11H13BF2/c1-3-6-11(2,12)8-4-5-9(13)10(14)7-8/h4-5,7H,3,6H2,1-2H3. The van der Waals surface area contributed by atoms with Crippen molar-refractivity contribution in [2.24, 2.45) is 0 Å². The van der Waals surface area contributed by atoms with Crippen LogP contribution in [0.3, 0.4) is 0 Å². The van der Waals surface area contributed by atoms with Gasteiger partial charge in [-0.2, -0.15) is 0 Å². The van der Waals surface area contributed by atoms with E-state index < -0.39 is 16.9 Å². The summed E-state index contributed by atoms with van der Waals surface area (Å²) in [5.41, 5.74) is 0.637. The van der Waals surface area contributed by atoms with Gasteiger partial charge in [0.05, 0.1) is 7.85 Å². The Morgan fingerprint density at radius 2 is 1.93 bits per heavy atom. The molecular formula is C11H13BF2. The molecule has 0 amide bonds. The SMILES string of the molecule is [B]C(C)(CCC)c1ccc(F)c(F)c1. The minimum Gasteiger partial charge on any atom is -0.204 e. The lowest BCUT2D eigenvalue weighted by Gasteiger charge is -2.25. The van der Waals surface area contributed by atoms with E-state index in [9.17, 15) is 8.78 Å². The van der Waals surface area contributed by atoms with Crippen molar-refractivity contribution in [3.8, 4) is 0 Å². The van der Waals surface area contributed by atoms with Crippen molar-refractivity contribution in [3.63, 3.8) is 0 Å². The van der Waals surface area contributed by atoms with Gasteiger partial charge in [-0.3, -0.25) is 0 Å². The summed E-state index contributed by atoms with van der Waals surface area (Å²) in [5, 5.41) is -0.580. The summed E-state index contributed by atoms with van der Waals surface area (Å²) < 4.78 is 25.6. The predicted molar refractivity (Wildman–Crippen MR) is 54.4 cm³/mol. The van der Waals surface area contributed by atoms with Crippen molar-refractivity contribution in [1.82, 2.24) is 0 Å². The maximum atomic E-state index is 12.9. The number of benzene rings is 1. The quantitative estimate of drug-likeness (QED) is 0.648. The lowest BCUT2D eigenvalue weighted by molar-refractivity contribution is 0.501. The molecule has 0 heterocycles. The molecule has 74 valence electrons. The fourth-order valence-electron chi connectivity index (χ4n) is 1.52. The highest BCUT2D eigenvalue weighted by atomic mass is 19.2. The van der Waals surface area contributed by atoms with Crippen LogP contribution in [0.25, 0.3) is 0 Å². The summed E-state index contributed by atoms with van der Waals surface area (Å²) in [7, 11) is 5.98. The van der Waals surface area contributed by atoms with Gasteiger partial charge in [-0.15, -0.1) is 0 Å². The molecule has 0 saturated carbocycles. The molecule has 0 fully saturated rings. The van der Waals surface area contributed by atoms with Crippen LogP contribution in [0.5, 0.6) is 0 Å². The summed E-state index contributed by atoms with van der Waals surface area (Å²) in [5.74, 6) is -1.67. The third-order valence-corrected chi connectivity index (χ3v) is 2.35. The van der Waals surface area contributed by atoms with Crippen molar-refractivity contribution in [2.75, 3.05) is 0 Å². The molecule has 0 N–H and O–H groups in total. The number of hydrogen-bond acceptors (Lipinski definition) is 0. The van der Waals surface area contributed by atoms with E-state index in [-0.39, 0.29) is 0 Å². The van der Waals surface area contributed by atoms with Crippen LogP contribution in [0.15, 0.2) is 18.2 Å². The second-order valence-electron chi connectivity index (χ2n) is 3.80. The first kappa shape index (κ1) is 11.2. The average molecular weight is 194 g/mol. The molecule has 0 aliphatic rings. The van der Waals surface area contributed by atoms with Gasteiger partial charge in [-0.1, -0.05) is 32.8 Å². The minimum absolute atomic E-state index is 0.580. The number of halogens is 2. The Balaban J connectivity index is 3.01. The molecule has 0 bridgehead atoms. The van der Waals surface area contributed by atoms with Crippen molar-refractivity contribution in [2.45, 2.75) is 32.0 Å². The van der Waals surface area contributed by atoms with E-state index in [0.717, 1.165) is 18.9 Å². The van der Waals surface area contributed by atoms with Crippen molar-refractivity contribution in [3.05, 3.63) is 35.4 Å². The molecule has 1 unspecified atom stereocenters. The van der Waals surface area contributed by atoms with Crippen LogP contribution in [0.4, 0.5) is 8.78 Å². The first-order valence-corrected chi connectivity index (χ1v) is 4.72. The zero-order chi connectivity index (χ0) is 10.8. The highest BCUT2D eigenvalue weighted by Gasteiger charge is 2.20. The topological polar surface area (TPSA) is 0 Å². The molecule has 0 nitrogen and oxygen atoms in total. The van der Waals surface area contributed by atoms with Gasteiger partial charge in [-0.25, -0.2) is 8.78 Å². The molecule has 1 rings (SSSR count). The fourth-order valence-corrected chi connectivity index (χ4v) is 1.52. The second kappa shape index (κ2) is 4.12. The van der Waals surface area contributed by atoms with E-state index in [1.165, 1.54) is 12.1 Å². The molecule has 0 aliphatic heterocycles. The molecule has 0 saturated heterocycles. The maximum Gasteiger partial charge on any atom is 0.159 e. The van der Waals surface area contributed by atoms with Crippen LogP contribution >= 0.6 is 0 Å². The minimum atomic E-state index is -0.838. The highest BCUT2D eigenvalue weighted by molar-refractivity contribution is 6.15. The van der Waals surface area contributed by atoms with Gasteiger partial charge < -0.3 is 0 Å². The van der Waals surface area contributed by atoms with Gasteiger partial charge in [-0.05, 0) is 23.0 Å². The van der Waals surface area contributed by atoms with E-state index in [2.05, 4.69) is 0 Å². The van der Waals surface area contributed by atoms with Crippen molar-refractivity contribution in [1.29, 1.82) is 0 Å². The first-order valence-electron chi connectivity index (χ1n) is 4.72. The van der Waals surface area contributed by atoms with E-state index in [0.29, 0.717) is 5.56 Å². The third kappa shape index (κ3) is 2.34. The van der Waals surface area contributed by atoms with Crippen LogP contribution in [0.1, 0.15) is 32.3 Å². The molecule has 14 heavy (non-hydrogen) atoms. The maximum absolute atomic E-state index is 12.9. The summed E-state index contributed by atoms with van der Waals surface area (Å²) in [6.07, 6.45) is 1.66. The van der Waals surface area contributed by atoms with Crippen LogP contribution < -0.4 is 0 Å². The molecule has 0 aromatic heterocycles. The fraction of sp³-hybridized carbons (Fsp3) is 0.455. The molecule has 1 aromatic rings. The van der Waals surface area contributed by atoms with E-state index in [1.807, 2.05) is 13.8 Å². The second-order valence-corrected chi connectivity index (χ2v) is 3.80. The van der Waals surface area contributed by atoms with Gasteiger partial charge in [0.1, 0.15) is 0 Å². The summed E-state index contributed by atoms with van der Waals surface area (Å²) >= 11 is 0. The molecule has 3 heteroatoms. The van der Waals surface area contributed by atoms with E-state index in [1.54, 1.807) is 0 Å². The molecule has 1 aromatic carbocycles. The normalized spacial score (nSPS) is 15.1. The van der Waals surface area contributed by atoms with E-state index >= 15 is 0 Å². The van der Waals surface area contributed by atoms with Crippen LogP contribution in [-0.2, 0) is 5.31 Å². The zero-order valence-corrected chi connectivity index (χ0v) is 8.48. The largest absolute Gasteiger partial charge is 0.204 e. The Hall–Kier alpha value is -0.855. The highest BCUT2D eigenvalue weighted by Crippen LogP contribution is 2.26. The molecular weight excluding hydrogens is 181 g/mol. The van der Waals surface area contributed by atoms with Gasteiger partial charge >= 0.3 is 0 Å². The number of rotatable bonds is 3. The van der Waals surface area contributed by atoms with Crippen LogP contribution in [0, 0.1) is 11.6 Å². The molecule has 2 radical (unpaired) electrons. The van der Waals surface area contributed by atoms with Crippen LogP contribution in [-0.4, -0.2) is 7.85 Å². The zero-order valence-electron chi connectivity index (χ0n) is 8.48. The Kier molecular flexibility index (Phi) is 3.30. The first-order chi connectivity index (χ1) is 6.47. The van der Waals surface area contributed by atoms with E-state index in [4.69, 9.17) is 7.85 Å². The van der Waals surface area contributed by atoms with Crippen LogP contribution in [0.2, 0.25) is 0 Å². The van der Waals surface area contributed by atoms with Crippen molar-refractivity contribution >= 4 is 7.85 Å². The average Bonchev–Trinajstić information content (AvgIpc) is 2.09. The summed E-state index contributed by atoms with van der Waals surface area (Å²) in [6.45, 7) is 3.83.